The lowest BCUT2D eigenvalue weighted by Crippen LogP contribution is -2.34. The highest BCUT2D eigenvalue weighted by molar-refractivity contribution is 9.10. The number of nitrogens with one attached hydrogen (secondary N) is 2. The Hall–Kier alpha value is -2.45. The minimum atomic E-state index is -0.823. The second-order valence-electron chi connectivity index (χ2n) is 7.00. The van der Waals surface area contributed by atoms with Crippen molar-refractivity contribution in [1.82, 2.24) is 10.2 Å². The molecule has 162 valence electrons. The number of anilines is 1. The van der Waals surface area contributed by atoms with Gasteiger partial charge >= 0.3 is 12.0 Å². The van der Waals surface area contributed by atoms with Crippen molar-refractivity contribution in [3.8, 4) is 0 Å². The number of hydrogen-bond acceptors (Lipinski definition) is 3. The van der Waals surface area contributed by atoms with Crippen LogP contribution < -0.4 is 10.6 Å². The van der Waals surface area contributed by atoms with Crippen molar-refractivity contribution in [3.63, 3.8) is 0 Å². The number of urea groups is 1. The Bertz CT molecular complexity index is 815. The monoisotopic (exact) mass is 479 g/mol. The summed E-state index contributed by atoms with van der Waals surface area (Å²) in [5, 5.41) is 14.5. The third-order valence-corrected chi connectivity index (χ3v) is 5.27. The van der Waals surface area contributed by atoms with E-state index in [9.17, 15) is 14.0 Å². The van der Waals surface area contributed by atoms with Gasteiger partial charge in [0.15, 0.2) is 0 Å². The molecule has 0 aliphatic rings. The van der Waals surface area contributed by atoms with Crippen LogP contribution in [-0.4, -0.2) is 41.6 Å². The van der Waals surface area contributed by atoms with Crippen LogP contribution >= 0.6 is 15.9 Å². The number of aliphatic carboxylic acids is 1. The maximum Gasteiger partial charge on any atom is 0.319 e. The number of halogens is 2. The molecule has 2 amide bonds. The lowest BCUT2D eigenvalue weighted by molar-refractivity contribution is -0.137. The normalized spacial score (nSPS) is 11.9. The highest BCUT2D eigenvalue weighted by Gasteiger charge is 2.16. The number of carboxylic acids is 1. The van der Waals surface area contributed by atoms with E-state index < -0.39 is 5.97 Å². The Balaban J connectivity index is 1.83. The third-order valence-electron chi connectivity index (χ3n) is 4.75. The van der Waals surface area contributed by atoms with Crippen LogP contribution in [0.25, 0.3) is 0 Å². The summed E-state index contributed by atoms with van der Waals surface area (Å²) in [6.07, 6.45) is 1.32. The molecule has 30 heavy (non-hydrogen) atoms. The first kappa shape index (κ1) is 23.8. The van der Waals surface area contributed by atoms with Crippen molar-refractivity contribution in [3.05, 3.63) is 64.4 Å². The van der Waals surface area contributed by atoms with Crippen molar-refractivity contribution < 1.29 is 19.1 Å². The molecule has 0 aromatic heterocycles. The van der Waals surface area contributed by atoms with Gasteiger partial charge in [0.2, 0.25) is 0 Å². The smallest absolute Gasteiger partial charge is 0.319 e. The van der Waals surface area contributed by atoms with Crippen molar-refractivity contribution in [2.24, 2.45) is 0 Å². The highest BCUT2D eigenvalue weighted by atomic mass is 79.9. The van der Waals surface area contributed by atoms with Gasteiger partial charge in [0.1, 0.15) is 5.82 Å². The lowest BCUT2D eigenvalue weighted by Gasteiger charge is -2.29. The van der Waals surface area contributed by atoms with Crippen molar-refractivity contribution in [2.45, 2.75) is 32.2 Å². The molecular weight excluding hydrogens is 453 g/mol. The Labute approximate surface area is 184 Å². The van der Waals surface area contributed by atoms with Crippen LogP contribution in [0.4, 0.5) is 14.9 Å². The van der Waals surface area contributed by atoms with Gasteiger partial charge in [-0.05, 0) is 68.3 Å². The number of rotatable bonds is 11. The van der Waals surface area contributed by atoms with Crippen LogP contribution in [0, 0.1) is 5.82 Å². The number of hydrogen-bond donors (Lipinski definition) is 3. The summed E-state index contributed by atoms with van der Waals surface area (Å²) in [5.74, 6) is -1.11. The number of nitrogens with zero attached hydrogens (tertiary/aromatic N) is 1. The fourth-order valence-corrected chi connectivity index (χ4v) is 3.34. The summed E-state index contributed by atoms with van der Waals surface area (Å²) in [6, 6.07) is 13.4. The Morgan fingerprint density at radius 3 is 2.33 bits per heavy atom. The maximum atomic E-state index is 13.2. The van der Waals surface area contributed by atoms with Crippen LogP contribution in [0.2, 0.25) is 0 Å². The number of carboxylic acid groups (broad SMARTS) is 1. The van der Waals surface area contributed by atoms with Gasteiger partial charge in [-0.15, -0.1) is 0 Å². The minimum Gasteiger partial charge on any atom is -0.481 e. The van der Waals surface area contributed by atoms with Crippen LogP contribution in [0.5, 0.6) is 0 Å². The largest absolute Gasteiger partial charge is 0.481 e. The Morgan fingerprint density at radius 1 is 1.07 bits per heavy atom. The molecule has 0 heterocycles. The number of benzene rings is 2. The molecule has 0 aliphatic carbocycles. The van der Waals surface area contributed by atoms with E-state index in [2.05, 4.69) is 31.5 Å². The Morgan fingerprint density at radius 2 is 1.70 bits per heavy atom. The fourth-order valence-electron chi connectivity index (χ4n) is 3.08. The van der Waals surface area contributed by atoms with Gasteiger partial charge in [0, 0.05) is 35.7 Å². The molecule has 2 rings (SSSR count). The van der Waals surface area contributed by atoms with Crippen LogP contribution in [0.1, 0.15) is 37.8 Å². The van der Waals surface area contributed by atoms with E-state index in [4.69, 9.17) is 5.11 Å². The van der Waals surface area contributed by atoms with Crippen LogP contribution in [-0.2, 0) is 4.79 Å². The number of carbonyl (C=O) groups is 2. The van der Waals surface area contributed by atoms with E-state index in [1.54, 1.807) is 24.3 Å². The summed E-state index contributed by atoms with van der Waals surface area (Å²) < 4.78 is 14.2. The fraction of sp³-hybridized carbons (Fsp3) is 0.364. The molecule has 0 fully saturated rings. The average Bonchev–Trinajstić information content (AvgIpc) is 2.71. The number of amides is 2. The molecule has 2 aromatic carbocycles. The van der Waals surface area contributed by atoms with E-state index in [0.29, 0.717) is 38.2 Å². The Kier molecular flexibility index (Phi) is 9.76. The minimum absolute atomic E-state index is 0.0102. The number of carbonyl (C=O) groups excluding carboxylic acids is 1. The van der Waals surface area contributed by atoms with E-state index in [1.807, 2.05) is 19.1 Å². The van der Waals surface area contributed by atoms with Gasteiger partial charge in [-0.1, -0.05) is 28.1 Å². The van der Waals surface area contributed by atoms with Gasteiger partial charge < -0.3 is 15.7 Å². The summed E-state index contributed by atoms with van der Waals surface area (Å²) >= 11 is 3.35. The summed E-state index contributed by atoms with van der Waals surface area (Å²) in [4.78, 5) is 25.0. The standard InChI is InChI=1S/C22H27BrFN3O3/c1-16(17-5-9-19(24)10-6-17)27(14-2-4-21(28)29)15-3-13-25-22(30)26-20-11-7-18(23)8-12-20/h5-12,16H,2-4,13-15H2,1H3,(H,28,29)(H2,25,26,30). The summed E-state index contributed by atoms with van der Waals surface area (Å²) in [5.41, 5.74) is 1.67. The molecule has 0 saturated heterocycles. The zero-order valence-corrected chi connectivity index (χ0v) is 18.5. The molecule has 0 bridgehead atoms. The predicted molar refractivity (Wildman–Crippen MR) is 119 cm³/mol. The third kappa shape index (κ3) is 8.51. The van der Waals surface area contributed by atoms with Gasteiger partial charge in [-0.25, -0.2) is 9.18 Å². The maximum absolute atomic E-state index is 13.2. The second kappa shape index (κ2) is 12.3. The molecule has 1 atom stereocenters. The highest BCUT2D eigenvalue weighted by Crippen LogP contribution is 2.21. The van der Waals surface area contributed by atoms with Crippen LogP contribution in [0.3, 0.4) is 0 Å². The molecule has 3 N–H and O–H groups in total. The van der Waals surface area contributed by atoms with Gasteiger partial charge in [0.25, 0.3) is 0 Å². The molecular formula is C22H27BrFN3O3. The average molecular weight is 480 g/mol. The summed E-state index contributed by atoms with van der Waals surface area (Å²) in [7, 11) is 0. The molecule has 0 spiro atoms. The summed E-state index contributed by atoms with van der Waals surface area (Å²) in [6.45, 7) is 3.78. The van der Waals surface area contributed by atoms with Crippen molar-refractivity contribution in [2.75, 3.05) is 25.0 Å². The molecule has 0 saturated carbocycles. The molecule has 2 aromatic rings. The van der Waals surface area contributed by atoms with E-state index in [1.165, 1.54) is 12.1 Å². The van der Waals surface area contributed by atoms with E-state index >= 15 is 0 Å². The first-order valence-electron chi connectivity index (χ1n) is 9.87. The van der Waals surface area contributed by atoms with Crippen molar-refractivity contribution in [1.29, 1.82) is 0 Å². The first-order chi connectivity index (χ1) is 14.3. The molecule has 0 radical (unpaired) electrons. The van der Waals surface area contributed by atoms with Gasteiger partial charge in [-0.2, -0.15) is 0 Å². The molecule has 6 nitrogen and oxygen atoms in total. The molecule has 8 heteroatoms. The topological polar surface area (TPSA) is 81.7 Å². The SMILES string of the molecule is CC(c1ccc(F)cc1)N(CCCNC(=O)Nc1ccc(Br)cc1)CCCC(=O)O. The second-order valence-corrected chi connectivity index (χ2v) is 7.92. The molecule has 0 aliphatic heterocycles. The predicted octanol–water partition coefficient (Wildman–Crippen LogP) is 5.03. The molecule has 1 unspecified atom stereocenters. The first-order valence-corrected chi connectivity index (χ1v) is 10.7. The van der Waals surface area contributed by atoms with E-state index in [-0.39, 0.29) is 24.3 Å². The van der Waals surface area contributed by atoms with Crippen LogP contribution in [0.15, 0.2) is 53.0 Å². The quantitative estimate of drug-likeness (QED) is 0.394. The zero-order chi connectivity index (χ0) is 21.9. The van der Waals surface area contributed by atoms with Gasteiger partial charge in [-0.3, -0.25) is 9.69 Å². The lowest BCUT2D eigenvalue weighted by atomic mass is 10.1. The zero-order valence-electron chi connectivity index (χ0n) is 16.9. The van der Waals surface area contributed by atoms with Crippen molar-refractivity contribution >= 4 is 33.6 Å². The van der Waals surface area contributed by atoms with E-state index in [0.717, 1.165) is 10.0 Å². The van der Waals surface area contributed by atoms with Gasteiger partial charge in [0.05, 0.1) is 0 Å².